The van der Waals surface area contributed by atoms with Gasteiger partial charge in [0.05, 0.1) is 11.5 Å². The number of benzene rings is 2. The van der Waals surface area contributed by atoms with E-state index in [0.717, 1.165) is 5.56 Å². The summed E-state index contributed by atoms with van der Waals surface area (Å²) in [6, 6.07) is 6.09. The van der Waals surface area contributed by atoms with Crippen LogP contribution in [0.3, 0.4) is 0 Å². The second-order valence-corrected chi connectivity index (χ2v) is 5.71. The molecule has 28 heavy (non-hydrogen) atoms. The van der Waals surface area contributed by atoms with Gasteiger partial charge < -0.3 is 5.11 Å². The summed E-state index contributed by atoms with van der Waals surface area (Å²) in [5, 5.41) is 11.0. The maximum Gasteiger partial charge on any atom is 0.335 e. The van der Waals surface area contributed by atoms with Gasteiger partial charge in [0.15, 0.2) is 23.3 Å². The van der Waals surface area contributed by atoms with Crippen molar-refractivity contribution in [2.24, 2.45) is 0 Å². The van der Waals surface area contributed by atoms with Gasteiger partial charge in [-0.3, -0.25) is 14.9 Å². The molecule has 2 aromatic carbocycles. The molecule has 3 rings (SSSR count). The summed E-state index contributed by atoms with van der Waals surface area (Å²) < 4.78 is 60.0. The molecule has 0 bridgehead atoms. The zero-order valence-corrected chi connectivity index (χ0v) is 13.9. The van der Waals surface area contributed by atoms with E-state index in [0.29, 0.717) is 12.8 Å². The van der Waals surface area contributed by atoms with Crippen LogP contribution in [-0.4, -0.2) is 22.9 Å². The highest BCUT2D eigenvalue weighted by Gasteiger charge is 2.27. The Morgan fingerprint density at radius 3 is 1.93 bits per heavy atom. The Morgan fingerprint density at radius 2 is 1.46 bits per heavy atom. The minimum absolute atomic E-state index is 0.0618. The molecule has 148 valence electrons. The Balaban J connectivity index is 0.000000221. The number of nitrogens with one attached hydrogen (secondary N) is 1. The van der Waals surface area contributed by atoms with E-state index in [4.69, 9.17) is 5.11 Å². The lowest BCUT2D eigenvalue weighted by molar-refractivity contribution is -0.134. The number of carbonyl (C=O) groups is 3. The molecule has 2 aromatic rings. The van der Waals surface area contributed by atoms with Crippen LogP contribution in [0.1, 0.15) is 34.7 Å². The predicted octanol–water partition coefficient (Wildman–Crippen LogP) is 3.29. The average Bonchev–Trinajstić information content (AvgIpc) is 2.65. The Morgan fingerprint density at radius 1 is 0.929 bits per heavy atom. The van der Waals surface area contributed by atoms with Crippen molar-refractivity contribution in [2.45, 2.75) is 18.8 Å². The summed E-state index contributed by atoms with van der Waals surface area (Å²) in [5.74, 6) is -11.6. The third kappa shape index (κ3) is 4.70. The summed E-state index contributed by atoms with van der Waals surface area (Å²) >= 11 is 0. The largest absolute Gasteiger partial charge is 0.478 e. The number of amides is 2. The lowest BCUT2D eigenvalue weighted by atomic mass is 9.90. The number of carboxylic acid groups (broad SMARTS) is 1. The minimum atomic E-state index is -2.14. The van der Waals surface area contributed by atoms with Crippen molar-refractivity contribution in [1.29, 1.82) is 0 Å². The standard InChI is InChI=1S/C12H11NO4.C6HF5/c14-10-6-5-9(11(15)13-10)7-1-3-8(4-2-7)12(16)17;7-2-1-3(8)5(10)6(11)4(2)9/h1-4,9H,5-6H2,(H,16,17)(H,13,14,15);1H. The van der Waals surface area contributed by atoms with E-state index in [1.807, 2.05) is 0 Å². The van der Waals surface area contributed by atoms with Crippen molar-refractivity contribution >= 4 is 17.8 Å². The van der Waals surface area contributed by atoms with E-state index in [1.54, 1.807) is 12.1 Å². The van der Waals surface area contributed by atoms with Gasteiger partial charge >= 0.3 is 5.97 Å². The first kappa shape index (κ1) is 21.0. The second kappa shape index (κ2) is 8.59. The molecule has 1 atom stereocenters. The van der Waals surface area contributed by atoms with Crippen LogP contribution < -0.4 is 5.32 Å². The lowest BCUT2D eigenvalue weighted by Gasteiger charge is -2.20. The molecule has 1 heterocycles. The summed E-state index contributed by atoms with van der Waals surface area (Å²) in [6.07, 6.45) is 0.786. The number of carboxylic acids is 1. The summed E-state index contributed by atoms with van der Waals surface area (Å²) in [5.41, 5.74) is 0.918. The smallest absolute Gasteiger partial charge is 0.335 e. The normalized spacial score (nSPS) is 16.1. The Kier molecular flexibility index (Phi) is 6.45. The predicted molar refractivity (Wildman–Crippen MR) is 84.8 cm³/mol. The molecule has 0 aliphatic carbocycles. The number of hydrogen-bond donors (Lipinski definition) is 2. The first-order valence-electron chi connectivity index (χ1n) is 7.77. The van der Waals surface area contributed by atoms with Gasteiger partial charge in [0, 0.05) is 12.5 Å². The Hall–Kier alpha value is -3.30. The molecule has 1 aliphatic heterocycles. The van der Waals surface area contributed by atoms with Crippen molar-refractivity contribution < 1.29 is 41.4 Å². The molecule has 0 radical (unpaired) electrons. The van der Waals surface area contributed by atoms with E-state index in [1.165, 1.54) is 12.1 Å². The van der Waals surface area contributed by atoms with Crippen molar-refractivity contribution in [1.82, 2.24) is 5.32 Å². The van der Waals surface area contributed by atoms with E-state index < -0.39 is 35.1 Å². The molecule has 1 unspecified atom stereocenters. The average molecular weight is 401 g/mol. The molecule has 10 heteroatoms. The molecule has 1 aliphatic rings. The van der Waals surface area contributed by atoms with Crippen LogP contribution in [-0.2, 0) is 9.59 Å². The molecule has 0 aromatic heterocycles. The lowest BCUT2D eigenvalue weighted by Crippen LogP contribution is -2.39. The van der Waals surface area contributed by atoms with Gasteiger partial charge in [-0.1, -0.05) is 12.1 Å². The maximum absolute atomic E-state index is 12.0. The van der Waals surface area contributed by atoms with Crippen LogP contribution >= 0.6 is 0 Å². The fourth-order valence-electron chi connectivity index (χ4n) is 2.41. The van der Waals surface area contributed by atoms with Gasteiger partial charge in [-0.15, -0.1) is 0 Å². The molecule has 0 spiro atoms. The van der Waals surface area contributed by atoms with Crippen molar-refractivity contribution in [3.63, 3.8) is 0 Å². The van der Waals surface area contributed by atoms with E-state index in [-0.39, 0.29) is 29.4 Å². The maximum atomic E-state index is 12.0. The number of aromatic carboxylic acids is 1. The first-order valence-corrected chi connectivity index (χ1v) is 7.77. The quantitative estimate of drug-likeness (QED) is 0.350. The molecular weight excluding hydrogens is 389 g/mol. The van der Waals surface area contributed by atoms with Crippen molar-refractivity contribution in [2.75, 3.05) is 0 Å². The topological polar surface area (TPSA) is 83.5 Å². The van der Waals surface area contributed by atoms with Gasteiger partial charge in [-0.25, -0.2) is 26.7 Å². The summed E-state index contributed by atoms with van der Waals surface area (Å²) in [4.78, 5) is 33.2. The molecule has 5 nitrogen and oxygen atoms in total. The SMILES string of the molecule is Fc1cc(F)c(F)c(F)c1F.O=C1CCC(c2ccc(C(=O)O)cc2)C(=O)N1. The summed E-state index contributed by atoms with van der Waals surface area (Å²) in [6.45, 7) is 0. The Labute approximate surface area is 154 Å². The third-order valence-corrected chi connectivity index (χ3v) is 3.86. The fraction of sp³-hybridized carbons (Fsp3) is 0.167. The van der Waals surface area contributed by atoms with Gasteiger partial charge in [-0.05, 0) is 24.1 Å². The molecule has 0 saturated carbocycles. The fourth-order valence-corrected chi connectivity index (χ4v) is 2.41. The first-order chi connectivity index (χ1) is 13.1. The number of halogens is 5. The molecule has 2 amide bonds. The van der Waals surface area contributed by atoms with E-state index in [9.17, 15) is 36.3 Å². The second-order valence-electron chi connectivity index (χ2n) is 5.71. The van der Waals surface area contributed by atoms with Crippen LogP contribution in [0.5, 0.6) is 0 Å². The minimum Gasteiger partial charge on any atom is -0.478 e. The van der Waals surface area contributed by atoms with Gasteiger partial charge in [0.2, 0.25) is 17.6 Å². The van der Waals surface area contributed by atoms with Crippen LogP contribution in [0.25, 0.3) is 0 Å². The van der Waals surface area contributed by atoms with E-state index >= 15 is 0 Å². The third-order valence-electron chi connectivity index (χ3n) is 3.86. The number of rotatable bonds is 2. The van der Waals surface area contributed by atoms with Crippen molar-refractivity contribution in [3.8, 4) is 0 Å². The number of imide groups is 1. The highest BCUT2D eigenvalue weighted by Crippen LogP contribution is 2.24. The van der Waals surface area contributed by atoms with Crippen molar-refractivity contribution in [3.05, 3.63) is 70.5 Å². The van der Waals surface area contributed by atoms with Crippen LogP contribution in [0.2, 0.25) is 0 Å². The van der Waals surface area contributed by atoms with Crippen LogP contribution in [0, 0.1) is 29.1 Å². The van der Waals surface area contributed by atoms with Crippen LogP contribution in [0.4, 0.5) is 22.0 Å². The highest BCUT2D eigenvalue weighted by atomic mass is 19.2. The monoisotopic (exact) mass is 401 g/mol. The molecule has 1 saturated heterocycles. The number of carbonyl (C=O) groups excluding carboxylic acids is 2. The number of piperidine rings is 1. The summed E-state index contributed by atoms with van der Waals surface area (Å²) in [7, 11) is 0. The zero-order valence-electron chi connectivity index (χ0n) is 13.9. The highest BCUT2D eigenvalue weighted by molar-refractivity contribution is 6.01. The van der Waals surface area contributed by atoms with E-state index in [2.05, 4.69) is 5.32 Å². The van der Waals surface area contributed by atoms with Gasteiger partial charge in [-0.2, -0.15) is 0 Å². The van der Waals surface area contributed by atoms with Gasteiger partial charge in [0.25, 0.3) is 0 Å². The Bertz CT molecular complexity index is 904. The van der Waals surface area contributed by atoms with Gasteiger partial charge in [0.1, 0.15) is 0 Å². The zero-order chi connectivity index (χ0) is 21.0. The van der Waals surface area contributed by atoms with Crippen LogP contribution in [0.15, 0.2) is 30.3 Å². The molecule has 2 N–H and O–H groups in total. The molecule has 1 fully saturated rings. The molecular formula is C18H12F5NO4. The number of hydrogen-bond acceptors (Lipinski definition) is 3.